The van der Waals surface area contributed by atoms with Crippen molar-refractivity contribution in [1.82, 2.24) is 4.90 Å². The second-order valence-electron chi connectivity index (χ2n) is 5.43. The molecule has 0 saturated carbocycles. The zero-order valence-corrected chi connectivity index (χ0v) is 14.0. The number of hydrogen-bond acceptors (Lipinski definition) is 6. The van der Waals surface area contributed by atoms with Crippen molar-refractivity contribution in [2.24, 2.45) is 0 Å². The van der Waals surface area contributed by atoms with Crippen LogP contribution in [0.2, 0.25) is 0 Å². The number of methoxy groups -OCH3 is 1. The van der Waals surface area contributed by atoms with Gasteiger partial charge in [0.2, 0.25) is 5.91 Å². The Hall–Kier alpha value is -2.61. The number of nitro groups is 1. The third-order valence-corrected chi connectivity index (χ3v) is 5.01. The lowest BCUT2D eigenvalue weighted by Gasteiger charge is -2.27. The molecule has 0 radical (unpaired) electrons. The number of carbonyl (C=O) groups excluding carboxylic acids is 1. The van der Waals surface area contributed by atoms with Crippen molar-refractivity contribution in [3.05, 3.63) is 50.2 Å². The summed E-state index contributed by atoms with van der Waals surface area (Å²) in [7, 11) is 1.48. The molecule has 2 heterocycles. The maximum atomic E-state index is 12.4. The molecule has 0 aliphatic carbocycles. The predicted octanol–water partition coefficient (Wildman–Crippen LogP) is 2.66. The second-order valence-corrected chi connectivity index (χ2v) is 6.43. The van der Waals surface area contributed by atoms with E-state index in [0.717, 1.165) is 6.42 Å². The number of thiophene rings is 1. The Balaban J connectivity index is 1.66. The molecule has 3 rings (SSSR count). The minimum atomic E-state index is -0.477. The SMILES string of the molecule is COc1ccc([N+](=O)[O-])cc1NCC(=O)N1CCc2sccc2C1. The van der Waals surface area contributed by atoms with E-state index in [1.54, 1.807) is 16.2 Å². The van der Waals surface area contributed by atoms with E-state index in [9.17, 15) is 14.9 Å². The number of nitro benzene ring substituents is 1. The van der Waals surface area contributed by atoms with Crippen molar-refractivity contribution in [2.75, 3.05) is 25.5 Å². The van der Waals surface area contributed by atoms with Crippen molar-refractivity contribution >= 4 is 28.6 Å². The van der Waals surface area contributed by atoms with Gasteiger partial charge in [0.05, 0.1) is 24.3 Å². The quantitative estimate of drug-likeness (QED) is 0.664. The maximum absolute atomic E-state index is 12.4. The van der Waals surface area contributed by atoms with Crippen LogP contribution in [0.25, 0.3) is 0 Å². The maximum Gasteiger partial charge on any atom is 0.271 e. The number of nitrogens with zero attached hydrogens (tertiary/aromatic N) is 2. The number of amides is 1. The first-order chi connectivity index (χ1) is 11.6. The fraction of sp³-hybridized carbons (Fsp3) is 0.312. The first-order valence-electron chi connectivity index (χ1n) is 7.48. The third-order valence-electron chi connectivity index (χ3n) is 3.98. The highest BCUT2D eigenvalue weighted by molar-refractivity contribution is 7.10. The van der Waals surface area contributed by atoms with Crippen LogP contribution in [0, 0.1) is 10.1 Å². The Morgan fingerprint density at radius 2 is 2.29 bits per heavy atom. The normalized spacial score (nSPS) is 13.3. The van der Waals surface area contributed by atoms with Crippen LogP contribution >= 0.6 is 11.3 Å². The van der Waals surface area contributed by atoms with Gasteiger partial charge in [0.15, 0.2) is 0 Å². The molecule has 0 spiro atoms. The van der Waals surface area contributed by atoms with Crippen LogP contribution in [0.3, 0.4) is 0 Å². The molecule has 1 aromatic carbocycles. The molecule has 0 atom stereocenters. The fourth-order valence-electron chi connectivity index (χ4n) is 2.69. The Morgan fingerprint density at radius 3 is 3.04 bits per heavy atom. The van der Waals surface area contributed by atoms with Crippen LogP contribution in [0.5, 0.6) is 5.75 Å². The summed E-state index contributed by atoms with van der Waals surface area (Å²) in [5, 5.41) is 15.9. The number of non-ortho nitro benzene ring substituents is 1. The number of ether oxygens (including phenoxy) is 1. The first-order valence-corrected chi connectivity index (χ1v) is 8.36. The molecule has 1 aliphatic rings. The van der Waals surface area contributed by atoms with Gasteiger partial charge >= 0.3 is 0 Å². The number of rotatable bonds is 5. The minimum Gasteiger partial charge on any atom is -0.495 e. The standard InChI is InChI=1S/C16H17N3O4S/c1-23-14-3-2-12(19(21)22)8-13(14)17-9-16(20)18-6-4-15-11(10-18)5-7-24-15/h2-3,5,7-8,17H,4,6,9-10H2,1H3. The topological polar surface area (TPSA) is 84.7 Å². The molecule has 2 aromatic rings. The van der Waals surface area contributed by atoms with E-state index in [0.29, 0.717) is 24.5 Å². The molecular formula is C16H17N3O4S. The summed E-state index contributed by atoms with van der Waals surface area (Å²) < 4.78 is 5.19. The Labute approximate surface area is 143 Å². The van der Waals surface area contributed by atoms with Gasteiger partial charge in [-0.2, -0.15) is 0 Å². The van der Waals surface area contributed by atoms with Crippen molar-refractivity contribution in [3.8, 4) is 5.75 Å². The highest BCUT2D eigenvalue weighted by atomic mass is 32.1. The summed E-state index contributed by atoms with van der Waals surface area (Å²) in [4.78, 5) is 26.0. The summed E-state index contributed by atoms with van der Waals surface area (Å²) in [6.07, 6.45) is 0.874. The second kappa shape index (κ2) is 6.88. The van der Waals surface area contributed by atoms with E-state index < -0.39 is 4.92 Å². The molecule has 0 unspecified atom stereocenters. The van der Waals surface area contributed by atoms with Gasteiger partial charge in [0.1, 0.15) is 5.75 Å². The average molecular weight is 347 g/mol. The van der Waals surface area contributed by atoms with E-state index >= 15 is 0 Å². The number of fused-ring (bicyclic) bond motifs is 1. The summed E-state index contributed by atoms with van der Waals surface area (Å²) >= 11 is 1.72. The Morgan fingerprint density at radius 1 is 1.46 bits per heavy atom. The number of hydrogen-bond donors (Lipinski definition) is 1. The zero-order chi connectivity index (χ0) is 17.1. The lowest BCUT2D eigenvalue weighted by molar-refractivity contribution is -0.384. The van der Waals surface area contributed by atoms with E-state index in [1.165, 1.54) is 35.7 Å². The van der Waals surface area contributed by atoms with Crippen LogP contribution in [-0.2, 0) is 17.8 Å². The molecule has 8 heteroatoms. The highest BCUT2D eigenvalue weighted by Gasteiger charge is 2.21. The Kier molecular flexibility index (Phi) is 4.66. The summed E-state index contributed by atoms with van der Waals surface area (Å²) in [5.41, 5.74) is 1.59. The third kappa shape index (κ3) is 3.33. The van der Waals surface area contributed by atoms with Gasteiger partial charge in [0.25, 0.3) is 5.69 Å². The molecule has 7 nitrogen and oxygen atoms in total. The van der Waals surface area contributed by atoms with Gasteiger partial charge in [0, 0.05) is 30.1 Å². The van der Waals surface area contributed by atoms with E-state index in [-0.39, 0.29) is 18.1 Å². The van der Waals surface area contributed by atoms with E-state index in [1.807, 2.05) is 5.38 Å². The molecule has 1 amide bonds. The van der Waals surface area contributed by atoms with Crippen molar-refractivity contribution in [3.63, 3.8) is 0 Å². The van der Waals surface area contributed by atoms with Gasteiger partial charge in [-0.25, -0.2) is 0 Å². The van der Waals surface area contributed by atoms with Crippen LogP contribution in [0.15, 0.2) is 29.6 Å². The van der Waals surface area contributed by atoms with Gasteiger partial charge in [-0.3, -0.25) is 14.9 Å². The van der Waals surface area contributed by atoms with Crippen molar-refractivity contribution in [1.29, 1.82) is 0 Å². The fourth-order valence-corrected chi connectivity index (χ4v) is 3.58. The molecule has 1 aliphatic heterocycles. The lowest BCUT2D eigenvalue weighted by Crippen LogP contribution is -2.38. The minimum absolute atomic E-state index is 0.0413. The highest BCUT2D eigenvalue weighted by Crippen LogP contribution is 2.29. The van der Waals surface area contributed by atoms with Gasteiger partial charge in [-0.05, 0) is 29.5 Å². The van der Waals surface area contributed by atoms with Crippen LogP contribution in [0.1, 0.15) is 10.4 Å². The molecule has 0 bridgehead atoms. The smallest absolute Gasteiger partial charge is 0.271 e. The summed E-state index contributed by atoms with van der Waals surface area (Å²) in [5.74, 6) is 0.424. The number of anilines is 1. The van der Waals surface area contributed by atoms with Crippen molar-refractivity contribution < 1.29 is 14.5 Å². The van der Waals surface area contributed by atoms with Crippen LogP contribution < -0.4 is 10.1 Å². The molecular weight excluding hydrogens is 330 g/mol. The van der Waals surface area contributed by atoms with Crippen LogP contribution in [0.4, 0.5) is 11.4 Å². The summed E-state index contributed by atoms with van der Waals surface area (Å²) in [6.45, 7) is 1.38. The number of benzene rings is 1. The first kappa shape index (κ1) is 16.3. The Bertz CT molecular complexity index is 774. The van der Waals surface area contributed by atoms with E-state index in [2.05, 4.69) is 11.4 Å². The van der Waals surface area contributed by atoms with Gasteiger partial charge in [-0.15, -0.1) is 11.3 Å². The molecule has 0 fully saturated rings. The van der Waals surface area contributed by atoms with Crippen molar-refractivity contribution in [2.45, 2.75) is 13.0 Å². The predicted molar refractivity (Wildman–Crippen MR) is 91.6 cm³/mol. The molecule has 24 heavy (non-hydrogen) atoms. The van der Waals surface area contributed by atoms with E-state index in [4.69, 9.17) is 4.74 Å². The summed E-state index contributed by atoms with van der Waals surface area (Å²) in [6, 6.07) is 6.31. The van der Waals surface area contributed by atoms with Crippen LogP contribution in [-0.4, -0.2) is 35.9 Å². The number of carbonyl (C=O) groups is 1. The molecule has 1 N–H and O–H groups in total. The molecule has 126 valence electrons. The zero-order valence-electron chi connectivity index (χ0n) is 13.2. The van der Waals surface area contributed by atoms with Gasteiger partial charge < -0.3 is 15.0 Å². The largest absolute Gasteiger partial charge is 0.495 e. The van der Waals surface area contributed by atoms with Gasteiger partial charge in [-0.1, -0.05) is 0 Å². The average Bonchev–Trinajstić information content (AvgIpc) is 3.06. The monoisotopic (exact) mass is 347 g/mol. The lowest BCUT2D eigenvalue weighted by atomic mass is 10.1. The molecule has 0 saturated heterocycles. The number of nitrogens with one attached hydrogen (secondary N) is 1. The molecule has 1 aromatic heterocycles.